The molecule has 1 amide bonds. The lowest BCUT2D eigenvalue weighted by Gasteiger charge is -2.24. The molecule has 0 atom stereocenters. The quantitative estimate of drug-likeness (QED) is 0.0636. The van der Waals surface area contributed by atoms with Crippen molar-refractivity contribution in [2.75, 3.05) is 10.2 Å². The first-order valence-electron chi connectivity index (χ1n) is 13.2. The molecule has 12 heteroatoms. The second kappa shape index (κ2) is 14.0. The summed E-state index contributed by atoms with van der Waals surface area (Å²) in [6.07, 6.45) is 0.272. The van der Waals surface area contributed by atoms with E-state index in [1.165, 1.54) is 59.5 Å². The molecule has 0 fully saturated rings. The molecule has 0 saturated carbocycles. The lowest BCUT2D eigenvalue weighted by atomic mass is 10.1. The molecule has 0 aliphatic carbocycles. The number of carbonyl (C=O) groups is 4. The maximum absolute atomic E-state index is 13.5. The number of carboxylic acids is 2. The van der Waals surface area contributed by atoms with E-state index in [2.05, 4.69) is 5.32 Å². The number of rotatable bonds is 11. The van der Waals surface area contributed by atoms with Crippen molar-refractivity contribution in [3.63, 3.8) is 0 Å². The van der Waals surface area contributed by atoms with E-state index < -0.39 is 17.9 Å². The molecule has 0 spiro atoms. The van der Waals surface area contributed by atoms with Crippen molar-refractivity contribution < 1.29 is 34.1 Å². The number of carbonyl (C=O) groups excluding carboxylic acids is 2. The number of ether oxygens (including phenoxy) is 1. The van der Waals surface area contributed by atoms with Gasteiger partial charge in [0, 0.05) is 22.8 Å². The predicted octanol–water partition coefficient (Wildman–Crippen LogP) is 5.43. The van der Waals surface area contributed by atoms with E-state index in [0.29, 0.717) is 22.5 Å². The van der Waals surface area contributed by atoms with Crippen molar-refractivity contribution in [2.45, 2.75) is 19.4 Å². The summed E-state index contributed by atoms with van der Waals surface area (Å²) in [5.74, 6) is -3.15. The molecule has 0 heterocycles. The van der Waals surface area contributed by atoms with Gasteiger partial charge in [-0.25, -0.2) is 14.4 Å². The smallest absolute Gasteiger partial charge is 0.343 e. The summed E-state index contributed by atoms with van der Waals surface area (Å²) in [7, 11) is 0. The zero-order valence-electron chi connectivity index (χ0n) is 23.1. The van der Waals surface area contributed by atoms with Crippen molar-refractivity contribution in [1.82, 2.24) is 0 Å². The average molecular weight is 615 g/mol. The number of nitrogens with zero attached hydrogens (tertiary/aromatic N) is 1. The Labute approximate surface area is 257 Å². The highest BCUT2D eigenvalue weighted by molar-refractivity contribution is 6.31. The number of hydrogen-bond acceptors (Lipinski definition) is 6. The standard InChI is InChI=1S/C32H27ClN4O7/c33-27-17-26(44-31(43)22-4-10-24(11-5-22)36-32(34)35)14-8-20(27)9-15-28(38)37(25-12-6-21(7-13-25)29(39)40)18-19-2-1-3-23(16-19)30(41)42/h1-8,10-14,16-17H,9,15,18H2,(H,39,40)(H,41,42)(H4,34,35,36). The number of carboxylic acid groups (broad SMARTS) is 2. The minimum absolute atomic E-state index is 0.0266. The number of nitrogens with two attached hydrogens (primary N) is 1. The lowest BCUT2D eigenvalue weighted by Crippen LogP contribution is -2.30. The maximum atomic E-state index is 13.5. The highest BCUT2D eigenvalue weighted by Gasteiger charge is 2.19. The summed E-state index contributed by atoms with van der Waals surface area (Å²) in [5.41, 5.74) is 7.90. The van der Waals surface area contributed by atoms with Crippen LogP contribution in [0, 0.1) is 5.41 Å². The van der Waals surface area contributed by atoms with Gasteiger partial charge >= 0.3 is 17.9 Å². The molecule has 0 unspecified atom stereocenters. The topological polar surface area (TPSA) is 183 Å². The predicted molar refractivity (Wildman–Crippen MR) is 165 cm³/mol. The summed E-state index contributed by atoms with van der Waals surface area (Å²) in [6, 6.07) is 22.9. The molecular weight excluding hydrogens is 588 g/mol. The van der Waals surface area contributed by atoms with Crippen LogP contribution < -0.4 is 20.7 Å². The average Bonchev–Trinajstić information content (AvgIpc) is 2.99. The molecule has 0 aliphatic heterocycles. The van der Waals surface area contributed by atoms with Crippen molar-refractivity contribution >= 4 is 52.8 Å². The number of anilines is 2. The molecule has 4 aromatic carbocycles. The van der Waals surface area contributed by atoms with Crippen LogP contribution >= 0.6 is 11.6 Å². The summed E-state index contributed by atoms with van der Waals surface area (Å²) in [5, 5.41) is 28.8. The number of amides is 1. The second-order valence-electron chi connectivity index (χ2n) is 9.60. The minimum atomic E-state index is -1.10. The number of nitrogens with one attached hydrogen (secondary N) is 2. The van der Waals surface area contributed by atoms with Crippen LogP contribution in [0.2, 0.25) is 5.02 Å². The van der Waals surface area contributed by atoms with Crippen LogP contribution in [0.5, 0.6) is 5.75 Å². The molecule has 4 aromatic rings. The maximum Gasteiger partial charge on any atom is 0.343 e. The Kier molecular flexibility index (Phi) is 9.94. The first-order valence-corrected chi connectivity index (χ1v) is 13.6. The van der Waals surface area contributed by atoms with E-state index in [9.17, 15) is 29.4 Å². The van der Waals surface area contributed by atoms with Gasteiger partial charge in [0.2, 0.25) is 5.91 Å². The first-order chi connectivity index (χ1) is 21.0. The van der Waals surface area contributed by atoms with Crippen LogP contribution in [0.4, 0.5) is 11.4 Å². The monoisotopic (exact) mass is 614 g/mol. The van der Waals surface area contributed by atoms with Crippen LogP contribution in [-0.4, -0.2) is 40.0 Å². The first kappa shape index (κ1) is 31.3. The molecule has 4 rings (SSSR count). The SMILES string of the molecule is N=C(N)Nc1ccc(C(=O)Oc2ccc(CCC(=O)N(Cc3cccc(C(=O)O)c3)c3ccc(C(=O)O)cc3)c(Cl)c2)cc1. The molecule has 11 nitrogen and oxygen atoms in total. The fourth-order valence-electron chi connectivity index (χ4n) is 4.27. The third-order valence-electron chi connectivity index (χ3n) is 6.48. The van der Waals surface area contributed by atoms with Gasteiger partial charge in [0.15, 0.2) is 5.96 Å². The van der Waals surface area contributed by atoms with Crippen LogP contribution in [0.3, 0.4) is 0 Å². The highest BCUT2D eigenvalue weighted by Crippen LogP contribution is 2.26. The Balaban J connectivity index is 1.46. The molecule has 44 heavy (non-hydrogen) atoms. The number of aromatic carboxylic acids is 2. The Morgan fingerprint density at radius 1 is 0.841 bits per heavy atom. The van der Waals surface area contributed by atoms with Crippen molar-refractivity contribution in [3.05, 3.63) is 124 Å². The van der Waals surface area contributed by atoms with E-state index >= 15 is 0 Å². The van der Waals surface area contributed by atoms with Gasteiger partial charge in [-0.05, 0) is 90.3 Å². The number of hydrogen-bond donors (Lipinski definition) is 5. The van der Waals surface area contributed by atoms with Gasteiger partial charge in [0.05, 0.1) is 23.2 Å². The molecule has 0 bridgehead atoms. The van der Waals surface area contributed by atoms with Crippen LogP contribution in [0.15, 0.2) is 91.0 Å². The van der Waals surface area contributed by atoms with E-state index in [1.807, 2.05) is 0 Å². The van der Waals surface area contributed by atoms with Gasteiger partial charge in [0.25, 0.3) is 0 Å². The molecule has 0 aliphatic rings. The van der Waals surface area contributed by atoms with Crippen LogP contribution in [0.1, 0.15) is 48.6 Å². The number of esters is 1. The van der Waals surface area contributed by atoms with E-state index in [-0.39, 0.29) is 58.7 Å². The van der Waals surface area contributed by atoms with Gasteiger partial charge in [-0.3, -0.25) is 10.2 Å². The van der Waals surface area contributed by atoms with Crippen molar-refractivity contribution in [2.24, 2.45) is 5.73 Å². The third kappa shape index (κ3) is 8.20. The number of aryl methyl sites for hydroxylation is 1. The fraction of sp³-hybridized carbons (Fsp3) is 0.0938. The summed E-state index contributed by atoms with van der Waals surface area (Å²) in [6.45, 7) is 0.0563. The Morgan fingerprint density at radius 3 is 2.11 bits per heavy atom. The Hall–Kier alpha value is -5.68. The molecular formula is C32H27ClN4O7. The van der Waals surface area contributed by atoms with Gasteiger partial charge in [0.1, 0.15) is 5.75 Å². The number of benzene rings is 4. The van der Waals surface area contributed by atoms with E-state index in [1.54, 1.807) is 36.4 Å². The molecule has 0 aromatic heterocycles. The summed E-state index contributed by atoms with van der Waals surface area (Å²) in [4.78, 5) is 50.3. The molecule has 224 valence electrons. The minimum Gasteiger partial charge on any atom is -0.478 e. The van der Waals surface area contributed by atoms with E-state index in [4.69, 9.17) is 27.5 Å². The zero-order valence-corrected chi connectivity index (χ0v) is 23.9. The normalized spacial score (nSPS) is 10.5. The Morgan fingerprint density at radius 2 is 1.50 bits per heavy atom. The van der Waals surface area contributed by atoms with Crippen molar-refractivity contribution in [1.29, 1.82) is 5.41 Å². The van der Waals surface area contributed by atoms with Crippen LogP contribution in [-0.2, 0) is 17.8 Å². The molecule has 0 saturated heterocycles. The highest BCUT2D eigenvalue weighted by atomic mass is 35.5. The number of halogens is 1. The van der Waals surface area contributed by atoms with E-state index in [0.717, 1.165) is 0 Å². The van der Waals surface area contributed by atoms with Crippen molar-refractivity contribution in [3.8, 4) is 5.75 Å². The number of guanidine groups is 1. The summed E-state index contributed by atoms with van der Waals surface area (Å²) >= 11 is 6.46. The fourth-order valence-corrected chi connectivity index (χ4v) is 4.54. The van der Waals surface area contributed by atoms with Gasteiger partial charge in [-0.2, -0.15) is 0 Å². The van der Waals surface area contributed by atoms with Gasteiger partial charge < -0.3 is 30.9 Å². The third-order valence-corrected chi connectivity index (χ3v) is 6.84. The zero-order chi connectivity index (χ0) is 31.8. The molecule has 0 radical (unpaired) electrons. The van der Waals surface area contributed by atoms with Crippen LogP contribution in [0.25, 0.3) is 0 Å². The largest absolute Gasteiger partial charge is 0.478 e. The Bertz CT molecular complexity index is 1720. The van der Waals surface area contributed by atoms with Gasteiger partial charge in [-0.1, -0.05) is 29.8 Å². The second-order valence-corrected chi connectivity index (χ2v) is 10.0. The van der Waals surface area contributed by atoms with Gasteiger partial charge in [-0.15, -0.1) is 0 Å². The molecule has 6 N–H and O–H groups in total. The lowest BCUT2D eigenvalue weighted by molar-refractivity contribution is -0.118. The summed E-state index contributed by atoms with van der Waals surface area (Å²) < 4.78 is 5.43.